The summed E-state index contributed by atoms with van der Waals surface area (Å²) in [5, 5.41) is 0. The molecule has 1 aromatic carbocycles. The van der Waals surface area contributed by atoms with Crippen LogP contribution < -0.4 is 9.47 Å². The predicted octanol–water partition coefficient (Wildman–Crippen LogP) is 4.64. The fourth-order valence-electron chi connectivity index (χ4n) is 2.22. The minimum absolute atomic E-state index is 0.346. The van der Waals surface area contributed by atoms with Crippen LogP contribution in [0.5, 0.6) is 11.5 Å². The zero-order valence-electron chi connectivity index (χ0n) is 13.9. The fraction of sp³-hybridized carbons (Fsp3) is 0.0500. The summed E-state index contributed by atoms with van der Waals surface area (Å²) in [6, 6.07) is 10.8. The molecule has 2 aromatic heterocycles. The molecular formula is C20H15BrN2O3. The second-order valence-corrected chi connectivity index (χ2v) is 6.22. The Morgan fingerprint density at radius 2 is 1.73 bits per heavy atom. The number of benzene rings is 1. The van der Waals surface area contributed by atoms with Crippen molar-refractivity contribution in [1.82, 2.24) is 9.97 Å². The molecule has 0 aliphatic heterocycles. The monoisotopic (exact) mass is 410 g/mol. The highest BCUT2D eigenvalue weighted by atomic mass is 79.9. The van der Waals surface area contributed by atoms with Gasteiger partial charge < -0.3 is 9.47 Å². The number of methoxy groups -OCH3 is 1. The molecule has 0 bridgehead atoms. The number of esters is 1. The van der Waals surface area contributed by atoms with Crippen LogP contribution in [0.25, 0.3) is 12.2 Å². The van der Waals surface area contributed by atoms with E-state index in [1.54, 1.807) is 36.8 Å². The predicted molar refractivity (Wildman–Crippen MR) is 103 cm³/mol. The fourth-order valence-corrected chi connectivity index (χ4v) is 2.59. The Balaban J connectivity index is 1.78. The van der Waals surface area contributed by atoms with E-state index in [0.29, 0.717) is 21.5 Å². The molecular weight excluding hydrogens is 396 g/mol. The molecule has 5 nitrogen and oxygen atoms in total. The Bertz CT molecular complexity index is 943. The Labute approximate surface area is 159 Å². The van der Waals surface area contributed by atoms with Gasteiger partial charge in [0, 0.05) is 29.3 Å². The van der Waals surface area contributed by atoms with E-state index in [-0.39, 0.29) is 0 Å². The van der Waals surface area contributed by atoms with E-state index in [1.165, 1.54) is 13.3 Å². The summed E-state index contributed by atoms with van der Waals surface area (Å²) in [6.45, 7) is 0. The van der Waals surface area contributed by atoms with Gasteiger partial charge in [-0.15, -0.1) is 0 Å². The molecule has 0 aliphatic carbocycles. The van der Waals surface area contributed by atoms with E-state index in [1.807, 2.05) is 30.4 Å². The van der Waals surface area contributed by atoms with Crippen LogP contribution in [0.1, 0.15) is 21.5 Å². The maximum atomic E-state index is 12.3. The quantitative estimate of drug-likeness (QED) is 0.452. The zero-order valence-corrected chi connectivity index (χ0v) is 15.5. The third-order valence-corrected chi connectivity index (χ3v) is 3.94. The molecule has 0 radical (unpaired) electrons. The van der Waals surface area contributed by atoms with Crippen molar-refractivity contribution in [2.45, 2.75) is 0 Å². The smallest absolute Gasteiger partial charge is 0.345 e. The lowest BCUT2D eigenvalue weighted by molar-refractivity contribution is 0.0729. The average molecular weight is 411 g/mol. The minimum atomic E-state index is -0.503. The van der Waals surface area contributed by atoms with Crippen LogP contribution in [0.15, 0.2) is 65.7 Å². The lowest BCUT2D eigenvalue weighted by Gasteiger charge is -2.10. The van der Waals surface area contributed by atoms with Crippen LogP contribution in [-0.4, -0.2) is 23.0 Å². The van der Waals surface area contributed by atoms with E-state index in [2.05, 4.69) is 25.9 Å². The summed E-state index contributed by atoms with van der Waals surface area (Å²) in [5.74, 6) is 0.314. The molecule has 0 saturated carbocycles. The number of aromatic nitrogens is 2. The van der Waals surface area contributed by atoms with Gasteiger partial charge in [0.1, 0.15) is 0 Å². The number of ether oxygens (including phenoxy) is 2. The Kier molecular flexibility index (Phi) is 5.76. The van der Waals surface area contributed by atoms with Gasteiger partial charge in [0.15, 0.2) is 11.5 Å². The van der Waals surface area contributed by atoms with Crippen molar-refractivity contribution in [3.63, 3.8) is 0 Å². The van der Waals surface area contributed by atoms with Crippen molar-refractivity contribution in [3.8, 4) is 11.5 Å². The van der Waals surface area contributed by atoms with E-state index in [0.717, 1.165) is 11.1 Å². The van der Waals surface area contributed by atoms with Crippen molar-refractivity contribution in [1.29, 1.82) is 0 Å². The lowest BCUT2D eigenvalue weighted by Crippen LogP contribution is -2.09. The van der Waals surface area contributed by atoms with Crippen LogP contribution in [0.4, 0.5) is 0 Å². The van der Waals surface area contributed by atoms with E-state index in [9.17, 15) is 4.79 Å². The molecule has 0 fully saturated rings. The first kappa shape index (κ1) is 17.8. The lowest BCUT2D eigenvalue weighted by atomic mass is 10.1. The maximum Gasteiger partial charge on any atom is 0.345 e. The molecule has 0 N–H and O–H groups in total. The van der Waals surface area contributed by atoms with Crippen LogP contribution in [0, 0.1) is 0 Å². The summed E-state index contributed by atoms with van der Waals surface area (Å²) in [5.41, 5.74) is 2.31. The van der Waals surface area contributed by atoms with E-state index in [4.69, 9.17) is 9.47 Å². The van der Waals surface area contributed by atoms with Gasteiger partial charge in [-0.25, -0.2) is 4.79 Å². The number of hydrogen-bond acceptors (Lipinski definition) is 5. The highest BCUT2D eigenvalue weighted by Gasteiger charge is 2.13. The molecule has 26 heavy (non-hydrogen) atoms. The van der Waals surface area contributed by atoms with E-state index < -0.39 is 5.97 Å². The first-order valence-corrected chi connectivity index (χ1v) is 8.54. The Hall–Kier alpha value is -2.99. The highest BCUT2D eigenvalue weighted by molar-refractivity contribution is 9.10. The minimum Gasteiger partial charge on any atom is -0.493 e. The van der Waals surface area contributed by atoms with Crippen LogP contribution in [-0.2, 0) is 0 Å². The molecule has 3 rings (SSSR count). The highest BCUT2D eigenvalue weighted by Crippen LogP contribution is 2.29. The van der Waals surface area contributed by atoms with Gasteiger partial charge in [-0.2, -0.15) is 0 Å². The number of pyridine rings is 2. The Morgan fingerprint density at radius 1 is 0.962 bits per heavy atom. The van der Waals surface area contributed by atoms with Gasteiger partial charge in [0.2, 0.25) is 0 Å². The molecule has 0 unspecified atom stereocenters. The molecule has 130 valence electrons. The van der Waals surface area contributed by atoms with Gasteiger partial charge in [-0.1, -0.05) is 18.2 Å². The van der Waals surface area contributed by atoms with Crippen molar-refractivity contribution >= 4 is 34.1 Å². The second kappa shape index (κ2) is 8.40. The number of nitrogens with zero attached hydrogens (tertiary/aromatic N) is 2. The van der Waals surface area contributed by atoms with Gasteiger partial charge in [-0.05, 0) is 57.4 Å². The van der Waals surface area contributed by atoms with Crippen LogP contribution in [0.2, 0.25) is 0 Å². The largest absolute Gasteiger partial charge is 0.493 e. The maximum absolute atomic E-state index is 12.3. The second-order valence-electron chi connectivity index (χ2n) is 5.31. The summed E-state index contributed by atoms with van der Waals surface area (Å²) in [7, 11) is 1.53. The number of halogens is 1. The standard InChI is InChI=1S/C20H15BrN2O3/c1-25-19-10-15(3-2-14-6-8-22-9-7-14)4-5-18(19)26-20(24)16-11-17(21)13-23-12-16/h2-13H,1H3/b3-2+. The van der Waals surface area contributed by atoms with Gasteiger partial charge in [0.25, 0.3) is 0 Å². The molecule has 0 atom stereocenters. The SMILES string of the molecule is COc1cc(/C=C/c2ccncc2)ccc1OC(=O)c1cncc(Br)c1. The molecule has 6 heteroatoms. The zero-order chi connectivity index (χ0) is 18.4. The number of carbonyl (C=O) groups excluding carboxylic acids is 1. The third-order valence-electron chi connectivity index (χ3n) is 3.51. The summed E-state index contributed by atoms with van der Waals surface area (Å²) in [6.07, 6.45) is 10.4. The molecule has 3 aromatic rings. The van der Waals surface area contributed by atoms with Crippen molar-refractivity contribution in [3.05, 3.63) is 82.3 Å². The Morgan fingerprint density at radius 3 is 2.46 bits per heavy atom. The van der Waals surface area contributed by atoms with Crippen LogP contribution in [0.3, 0.4) is 0 Å². The van der Waals surface area contributed by atoms with Gasteiger partial charge in [0.05, 0.1) is 12.7 Å². The molecule has 0 aliphatic rings. The molecule has 0 saturated heterocycles. The van der Waals surface area contributed by atoms with Gasteiger partial charge >= 0.3 is 5.97 Å². The first-order valence-electron chi connectivity index (χ1n) is 7.74. The van der Waals surface area contributed by atoms with Crippen molar-refractivity contribution < 1.29 is 14.3 Å². The number of hydrogen-bond donors (Lipinski definition) is 0. The molecule has 0 spiro atoms. The first-order chi connectivity index (χ1) is 12.7. The topological polar surface area (TPSA) is 61.3 Å². The van der Waals surface area contributed by atoms with Gasteiger partial charge in [-0.3, -0.25) is 9.97 Å². The average Bonchev–Trinajstić information content (AvgIpc) is 2.68. The third kappa shape index (κ3) is 4.55. The van der Waals surface area contributed by atoms with E-state index >= 15 is 0 Å². The molecule has 0 amide bonds. The van der Waals surface area contributed by atoms with Crippen LogP contribution >= 0.6 is 15.9 Å². The summed E-state index contributed by atoms with van der Waals surface area (Å²) < 4.78 is 11.5. The number of carbonyl (C=O) groups is 1. The number of rotatable bonds is 5. The normalized spacial score (nSPS) is 10.7. The summed E-state index contributed by atoms with van der Waals surface area (Å²) >= 11 is 3.28. The van der Waals surface area contributed by atoms with Crippen molar-refractivity contribution in [2.75, 3.05) is 7.11 Å². The summed E-state index contributed by atoms with van der Waals surface area (Å²) in [4.78, 5) is 20.2. The van der Waals surface area contributed by atoms with Crippen molar-refractivity contribution in [2.24, 2.45) is 0 Å². The molecule has 2 heterocycles.